The average Bonchev–Trinajstić information content (AvgIpc) is 3.14. The van der Waals surface area contributed by atoms with Crippen LogP contribution in [0.3, 0.4) is 0 Å². The number of nitrogens with zero attached hydrogens (tertiary/aromatic N) is 3. The van der Waals surface area contributed by atoms with Crippen LogP contribution in [0.25, 0.3) is 10.2 Å². The van der Waals surface area contributed by atoms with Crippen molar-refractivity contribution in [1.82, 2.24) is 14.8 Å². The van der Waals surface area contributed by atoms with Gasteiger partial charge in [0.05, 0.1) is 22.8 Å². The predicted molar refractivity (Wildman–Crippen MR) is 86.4 cm³/mol. The lowest BCUT2D eigenvalue weighted by molar-refractivity contribution is -0.135. The maximum Gasteiger partial charge on any atom is 0.239 e. The van der Waals surface area contributed by atoms with Crippen molar-refractivity contribution in [3.8, 4) is 0 Å². The van der Waals surface area contributed by atoms with Gasteiger partial charge in [-0.2, -0.15) is 0 Å². The lowest BCUT2D eigenvalue weighted by Crippen LogP contribution is -2.44. The summed E-state index contributed by atoms with van der Waals surface area (Å²) in [7, 11) is 2.00. The highest BCUT2D eigenvalue weighted by molar-refractivity contribution is 7.18. The van der Waals surface area contributed by atoms with E-state index in [1.54, 1.807) is 11.3 Å². The summed E-state index contributed by atoms with van der Waals surface area (Å²) in [6, 6.07) is 8.08. The van der Waals surface area contributed by atoms with Crippen LogP contribution < -0.4 is 0 Å². The lowest BCUT2D eigenvalue weighted by atomic mass is 10.2. The van der Waals surface area contributed by atoms with Crippen molar-refractivity contribution in [1.29, 1.82) is 0 Å². The first-order valence-electron chi connectivity index (χ1n) is 7.48. The molecule has 0 saturated carbocycles. The summed E-state index contributed by atoms with van der Waals surface area (Å²) in [6.45, 7) is 4.55. The van der Waals surface area contributed by atoms with Gasteiger partial charge in [-0.15, -0.1) is 11.3 Å². The number of hydrogen-bond donors (Lipinski definition) is 0. The van der Waals surface area contributed by atoms with E-state index in [2.05, 4.69) is 16.0 Å². The van der Waals surface area contributed by atoms with E-state index in [1.165, 1.54) is 4.70 Å². The minimum atomic E-state index is -0.0879. The Bertz CT molecular complexity index is 600. The first kappa shape index (κ1) is 14.5. The van der Waals surface area contributed by atoms with Gasteiger partial charge in [0.15, 0.2) is 0 Å². The van der Waals surface area contributed by atoms with Crippen LogP contribution in [-0.4, -0.2) is 46.9 Å². The number of aromatic nitrogens is 1. The summed E-state index contributed by atoms with van der Waals surface area (Å²) in [5, 5.41) is 1.07. The molecule has 112 valence electrons. The second-order valence-electron chi connectivity index (χ2n) is 5.70. The smallest absolute Gasteiger partial charge is 0.239 e. The summed E-state index contributed by atoms with van der Waals surface area (Å²) < 4.78 is 1.21. The van der Waals surface area contributed by atoms with Crippen molar-refractivity contribution in [2.24, 2.45) is 0 Å². The minimum Gasteiger partial charge on any atom is -0.341 e. The average molecular weight is 303 g/mol. The third kappa shape index (κ3) is 3.09. The summed E-state index contributed by atoms with van der Waals surface area (Å²) >= 11 is 1.71. The van der Waals surface area contributed by atoms with E-state index >= 15 is 0 Å². The van der Waals surface area contributed by atoms with E-state index in [4.69, 9.17) is 0 Å². The Balaban J connectivity index is 1.67. The van der Waals surface area contributed by atoms with E-state index in [0.717, 1.165) is 43.0 Å². The molecule has 1 amide bonds. The lowest BCUT2D eigenvalue weighted by Gasteiger charge is -2.27. The van der Waals surface area contributed by atoms with Gasteiger partial charge in [-0.25, -0.2) is 4.98 Å². The molecule has 2 aromatic rings. The summed E-state index contributed by atoms with van der Waals surface area (Å²) in [5.74, 6) is 0.246. The number of likely N-dealkylation sites (tertiary alicyclic amines) is 1. The van der Waals surface area contributed by atoms with Crippen molar-refractivity contribution in [3.63, 3.8) is 0 Å². The molecule has 1 aliphatic heterocycles. The highest BCUT2D eigenvalue weighted by Crippen LogP contribution is 2.23. The molecule has 0 radical (unpaired) electrons. The molecule has 1 aromatic carbocycles. The Kier molecular flexibility index (Phi) is 4.22. The molecule has 2 heterocycles. The van der Waals surface area contributed by atoms with E-state index < -0.39 is 0 Å². The Labute approximate surface area is 129 Å². The number of carbonyl (C=O) groups excluding carboxylic acids is 1. The van der Waals surface area contributed by atoms with Gasteiger partial charge < -0.3 is 4.90 Å². The molecule has 3 rings (SSSR count). The van der Waals surface area contributed by atoms with Crippen LogP contribution in [0.15, 0.2) is 24.3 Å². The van der Waals surface area contributed by atoms with Crippen molar-refractivity contribution >= 4 is 27.5 Å². The van der Waals surface area contributed by atoms with Crippen LogP contribution in [0.5, 0.6) is 0 Å². The van der Waals surface area contributed by atoms with Gasteiger partial charge in [0.1, 0.15) is 5.01 Å². The molecule has 1 unspecified atom stereocenters. The fourth-order valence-corrected chi connectivity index (χ4v) is 3.76. The zero-order valence-corrected chi connectivity index (χ0v) is 13.4. The third-order valence-electron chi connectivity index (χ3n) is 4.16. The Hall–Kier alpha value is -1.46. The highest BCUT2D eigenvalue weighted by atomic mass is 32.1. The SMILES string of the molecule is CC(C(=O)N1CCCC1)N(C)Cc1nc2ccccc2s1. The molecular formula is C16H21N3OS. The highest BCUT2D eigenvalue weighted by Gasteiger charge is 2.26. The summed E-state index contributed by atoms with van der Waals surface area (Å²) in [5.41, 5.74) is 1.05. The molecule has 0 aliphatic carbocycles. The fraction of sp³-hybridized carbons (Fsp3) is 0.500. The van der Waals surface area contributed by atoms with Gasteiger partial charge in [-0.05, 0) is 38.9 Å². The predicted octanol–water partition coefficient (Wildman–Crippen LogP) is 2.74. The van der Waals surface area contributed by atoms with Gasteiger partial charge in [-0.3, -0.25) is 9.69 Å². The third-order valence-corrected chi connectivity index (χ3v) is 5.18. The number of fused-ring (bicyclic) bond motifs is 1. The van der Waals surface area contributed by atoms with Crippen LogP contribution >= 0.6 is 11.3 Å². The Morgan fingerprint density at radius 2 is 2.10 bits per heavy atom. The molecule has 1 atom stereocenters. The molecule has 0 spiro atoms. The number of rotatable bonds is 4. The second-order valence-corrected chi connectivity index (χ2v) is 6.81. The number of amides is 1. The van der Waals surface area contributed by atoms with Crippen LogP contribution in [0.1, 0.15) is 24.8 Å². The summed E-state index contributed by atoms with van der Waals surface area (Å²) in [6.07, 6.45) is 2.28. The van der Waals surface area contributed by atoms with Crippen molar-refractivity contribution in [2.75, 3.05) is 20.1 Å². The van der Waals surface area contributed by atoms with E-state index in [9.17, 15) is 4.79 Å². The molecule has 1 saturated heterocycles. The molecule has 1 aliphatic rings. The van der Waals surface area contributed by atoms with Gasteiger partial charge in [-0.1, -0.05) is 12.1 Å². The van der Waals surface area contributed by atoms with Gasteiger partial charge in [0.25, 0.3) is 0 Å². The monoisotopic (exact) mass is 303 g/mol. The normalized spacial score (nSPS) is 16.8. The molecule has 1 fully saturated rings. The van der Waals surface area contributed by atoms with Crippen molar-refractivity contribution in [3.05, 3.63) is 29.3 Å². The first-order chi connectivity index (χ1) is 10.1. The first-order valence-corrected chi connectivity index (χ1v) is 8.30. The second kappa shape index (κ2) is 6.12. The summed E-state index contributed by atoms with van der Waals surface area (Å²) in [4.78, 5) is 21.1. The van der Waals surface area contributed by atoms with Gasteiger partial charge in [0, 0.05) is 13.1 Å². The van der Waals surface area contributed by atoms with Crippen LogP contribution in [0.4, 0.5) is 0 Å². The maximum atomic E-state index is 12.4. The Morgan fingerprint density at radius 3 is 2.81 bits per heavy atom. The Morgan fingerprint density at radius 1 is 1.38 bits per heavy atom. The van der Waals surface area contributed by atoms with Gasteiger partial charge in [0.2, 0.25) is 5.91 Å². The number of para-hydroxylation sites is 1. The van der Waals surface area contributed by atoms with Crippen LogP contribution in [-0.2, 0) is 11.3 Å². The molecule has 0 N–H and O–H groups in total. The molecule has 4 nitrogen and oxygen atoms in total. The molecule has 1 aromatic heterocycles. The van der Waals surface area contributed by atoms with Crippen molar-refractivity contribution < 1.29 is 4.79 Å². The number of thiazole rings is 1. The van der Waals surface area contributed by atoms with Crippen LogP contribution in [0.2, 0.25) is 0 Å². The molecular weight excluding hydrogens is 282 g/mol. The van der Waals surface area contributed by atoms with Crippen LogP contribution in [0, 0.1) is 0 Å². The zero-order chi connectivity index (χ0) is 14.8. The molecule has 0 bridgehead atoms. The molecule has 21 heavy (non-hydrogen) atoms. The zero-order valence-electron chi connectivity index (χ0n) is 12.6. The maximum absolute atomic E-state index is 12.4. The molecule has 5 heteroatoms. The number of benzene rings is 1. The van der Waals surface area contributed by atoms with E-state index in [-0.39, 0.29) is 11.9 Å². The van der Waals surface area contributed by atoms with Gasteiger partial charge >= 0.3 is 0 Å². The number of carbonyl (C=O) groups is 1. The largest absolute Gasteiger partial charge is 0.341 e. The number of hydrogen-bond acceptors (Lipinski definition) is 4. The quantitative estimate of drug-likeness (QED) is 0.871. The minimum absolute atomic E-state index is 0.0879. The standard InChI is InChI=1S/C16H21N3OS/c1-12(16(20)19-9-5-6-10-19)18(2)11-15-17-13-7-3-4-8-14(13)21-15/h3-4,7-8,12H,5-6,9-11H2,1-2H3. The van der Waals surface area contributed by atoms with E-state index in [0.29, 0.717) is 0 Å². The fourth-order valence-electron chi connectivity index (χ4n) is 2.73. The van der Waals surface area contributed by atoms with Crippen molar-refractivity contribution in [2.45, 2.75) is 32.4 Å². The van der Waals surface area contributed by atoms with E-state index in [1.807, 2.05) is 37.1 Å². The number of likely N-dealkylation sites (N-methyl/N-ethyl adjacent to an activating group) is 1. The topological polar surface area (TPSA) is 36.4 Å².